The molecule has 4 heteroatoms. The van der Waals surface area contributed by atoms with Crippen molar-refractivity contribution in [2.45, 2.75) is 26.2 Å². The minimum atomic E-state index is -1.07. The molecule has 0 spiro atoms. The van der Waals surface area contributed by atoms with Crippen molar-refractivity contribution in [3.8, 4) is 12.1 Å². The van der Waals surface area contributed by atoms with Gasteiger partial charge in [-0.1, -0.05) is 60.7 Å². The van der Waals surface area contributed by atoms with E-state index in [0.29, 0.717) is 6.42 Å². The summed E-state index contributed by atoms with van der Waals surface area (Å²) in [6.07, 6.45) is 0.515. The van der Waals surface area contributed by atoms with Crippen LogP contribution in [0.15, 0.2) is 60.7 Å². The van der Waals surface area contributed by atoms with Crippen LogP contribution < -0.4 is 0 Å². The lowest BCUT2D eigenvalue weighted by molar-refractivity contribution is -0.147. The van der Waals surface area contributed by atoms with Gasteiger partial charge in [0.25, 0.3) is 0 Å². The zero-order valence-corrected chi connectivity index (χ0v) is 13.8. The smallest absolute Gasteiger partial charge is 0.310 e. The molecule has 1 N–H and O–H groups in total. The maximum Gasteiger partial charge on any atom is 0.310 e. The zero-order valence-electron chi connectivity index (χ0n) is 13.8. The van der Waals surface area contributed by atoms with Crippen LogP contribution in [0.2, 0.25) is 0 Å². The fourth-order valence-electron chi connectivity index (χ4n) is 2.11. The first-order valence-electron chi connectivity index (χ1n) is 7.52. The number of carboxylic acid groups (broad SMARTS) is 1. The van der Waals surface area contributed by atoms with E-state index in [2.05, 4.69) is 12.1 Å². The number of aliphatic carboxylic acids is 1. The maximum atomic E-state index is 11.0. The number of carbonyl (C=O) groups is 1. The van der Waals surface area contributed by atoms with Crippen molar-refractivity contribution in [3.63, 3.8) is 0 Å². The van der Waals surface area contributed by atoms with Crippen LogP contribution in [0.3, 0.4) is 0 Å². The summed E-state index contributed by atoms with van der Waals surface area (Å²) < 4.78 is 0. The predicted molar refractivity (Wildman–Crippen MR) is 92.0 cm³/mol. The van der Waals surface area contributed by atoms with Crippen LogP contribution >= 0.6 is 0 Å². The van der Waals surface area contributed by atoms with Gasteiger partial charge in [0.1, 0.15) is 0 Å². The van der Waals surface area contributed by atoms with E-state index >= 15 is 0 Å². The van der Waals surface area contributed by atoms with E-state index in [1.54, 1.807) is 38.1 Å². The quantitative estimate of drug-likeness (QED) is 0.916. The van der Waals surface area contributed by atoms with Crippen molar-refractivity contribution in [2.24, 2.45) is 5.41 Å². The molecule has 0 aromatic heterocycles. The highest BCUT2D eigenvalue weighted by Crippen LogP contribution is 2.35. The Hall–Kier alpha value is -3.11. The Bertz CT molecular complexity index is 726. The van der Waals surface area contributed by atoms with Crippen molar-refractivity contribution in [1.29, 1.82) is 10.5 Å². The summed E-state index contributed by atoms with van der Waals surface area (Å²) in [5.41, 5.74) is 0.753. The van der Waals surface area contributed by atoms with Gasteiger partial charge in [0.15, 0.2) is 0 Å². The number of hydrogen-bond acceptors (Lipinski definition) is 3. The summed E-state index contributed by atoms with van der Waals surface area (Å²) >= 11 is 0. The van der Waals surface area contributed by atoms with Gasteiger partial charge in [-0.2, -0.15) is 10.5 Å². The number of rotatable bonds is 4. The molecule has 0 amide bonds. The molecule has 0 saturated heterocycles. The van der Waals surface area contributed by atoms with Crippen molar-refractivity contribution in [3.05, 3.63) is 71.8 Å². The van der Waals surface area contributed by atoms with Crippen molar-refractivity contribution in [1.82, 2.24) is 0 Å². The second-order valence-corrected chi connectivity index (χ2v) is 5.82. The molecule has 0 bridgehead atoms. The maximum absolute atomic E-state index is 11.0. The van der Waals surface area contributed by atoms with Gasteiger partial charge in [-0.15, -0.1) is 0 Å². The molecular formula is C20H20N2O2. The molecule has 122 valence electrons. The van der Waals surface area contributed by atoms with Gasteiger partial charge in [0, 0.05) is 0 Å². The predicted octanol–water partition coefficient (Wildman–Crippen LogP) is 4.16. The average Bonchev–Trinajstić information content (AvgIpc) is 2.58. The van der Waals surface area contributed by atoms with Crippen LogP contribution in [0, 0.1) is 28.1 Å². The standard InChI is InChI=1S/C12H13NO2.C8H7N/c1-12(2,11(14)15)10(8-13)9-6-4-3-5-7-9;9-7-6-8-4-2-1-3-5-8/h3-7,10H,1-2H3,(H,14,15);1-5H,6H2. The minimum Gasteiger partial charge on any atom is -0.481 e. The fraction of sp³-hybridized carbons (Fsp3) is 0.250. The van der Waals surface area contributed by atoms with Crippen molar-refractivity contribution >= 4 is 5.97 Å². The first kappa shape index (κ1) is 18.9. The number of benzene rings is 2. The number of carboxylic acids is 1. The normalized spacial score (nSPS) is 11.2. The summed E-state index contributed by atoms with van der Waals surface area (Å²) in [6, 6.07) is 22.9. The van der Waals surface area contributed by atoms with Gasteiger partial charge >= 0.3 is 5.97 Å². The Morgan fingerprint density at radius 2 is 1.54 bits per heavy atom. The SMILES string of the molecule is CC(C)(C(=O)O)C(C#N)c1ccccc1.N#CCc1ccccc1. The first-order valence-corrected chi connectivity index (χ1v) is 7.52. The van der Waals surface area contributed by atoms with E-state index in [4.69, 9.17) is 15.6 Å². The lowest BCUT2D eigenvalue weighted by atomic mass is 9.76. The Morgan fingerprint density at radius 1 is 1.04 bits per heavy atom. The number of hydrogen-bond donors (Lipinski definition) is 1. The summed E-state index contributed by atoms with van der Waals surface area (Å²) in [7, 11) is 0. The molecule has 0 heterocycles. The summed E-state index contributed by atoms with van der Waals surface area (Å²) in [4.78, 5) is 11.0. The third-order valence-corrected chi connectivity index (χ3v) is 3.66. The van der Waals surface area contributed by atoms with E-state index < -0.39 is 17.3 Å². The van der Waals surface area contributed by atoms with Crippen molar-refractivity contribution < 1.29 is 9.90 Å². The molecule has 2 rings (SSSR count). The Morgan fingerprint density at radius 3 is 1.96 bits per heavy atom. The second-order valence-electron chi connectivity index (χ2n) is 5.82. The van der Waals surface area contributed by atoms with E-state index in [9.17, 15) is 4.79 Å². The molecule has 1 unspecified atom stereocenters. The van der Waals surface area contributed by atoms with Crippen LogP contribution in [-0.2, 0) is 11.2 Å². The highest BCUT2D eigenvalue weighted by molar-refractivity contribution is 5.75. The van der Waals surface area contributed by atoms with E-state index in [1.165, 1.54) is 0 Å². The minimum absolute atomic E-state index is 0.515. The second kappa shape index (κ2) is 9.12. The number of nitrogens with zero attached hydrogens (tertiary/aromatic N) is 2. The summed E-state index contributed by atoms with van der Waals surface area (Å²) in [5.74, 6) is -1.59. The molecule has 0 aliphatic heterocycles. The Balaban J connectivity index is 0.000000272. The molecule has 2 aromatic rings. The van der Waals surface area contributed by atoms with Gasteiger partial charge in [-0.05, 0) is 25.0 Å². The van der Waals surface area contributed by atoms with Crippen molar-refractivity contribution in [2.75, 3.05) is 0 Å². The monoisotopic (exact) mass is 320 g/mol. The molecule has 1 atom stereocenters. The van der Waals surface area contributed by atoms with Crippen LogP contribution in [0.1, 0.15) is 30.9 Å². The van der Waals surface area contributed by atoms with Gasteiger partial charge < -0.3 is 5.11 Å². The van der Waals surface area contributed by atoms with Gasteiger partial charge in [-0.3, -0.25) is 4.79 Å². The van der Waals surface area contributed by atoms with Gasteiger partial charge in [0.05, 0.1) is 29.9 Å². The molecule has 24 heavy (non-hydrogen) atoms. The third kappa shape index (κ3) is 5.26. The Kier molecular flexibility index (Phi) is 7.20. The number of nitriles is 2. The highest BCUT2D eigenvalue weighted by atomic mass is 16.4. The third-order valence-electron chi connectivity index (χ3n) is 3.66. The van der Waals surface area contributed by atoms with E-state index in [0.717, 1.165) is 11.1 Å². The topological polar surface area (TPSA) is 84.9 Å². The van der Waals surface area contributed by atoms with Crippen LogP contribution in [-0.4, -0.2) is 11.1 Å². The van der Waals surface area contributed by atoms with Crippen LogP contribution in [0.4, 0.5) is 0 Å². The molecular weight excluding hydrogens is 300 g/mol. The molecule has 0 radical (unpaired) electrons. The Labute approximate surface area is 142 Å². The molecule has 0 saturated carbocycles. The summed E-state index contributed by atoms with van der Waals surface area (Å²) in [6.45, 7) is 3.13. The van der Waals surface area contributed by atoms with E-state index in [-0.39, 0.29) is 0 Å². The largest absolute Gasteiger partial charge is 0.481 e. The fourth-order valence-corrected chi connectivity index (χ4v) is 2.11. The summed E-state index contributed by atoms with van der Waals surface area (Å²) in [5, 5.41) is 26.4. The van der Waals surface area contributed by atoms with Crippen LogP contribution in [0.25, 0.3) is 0 Å². The zero-order chi connectivity index (χ0) is 18.0. The highest BCUT2D eigenvalue weighted by Gasteiger charge is 2.37. The molecule has 0 aliphatic rings. The molecule has 0 aliphatic carbocycles. The molecule has 4 nitrogen and oxygen atoms in total. The average molecular weight is 320 g/mol. The van der Waals surface area contributed by atoms with Gasteiger partial charge in [-0.25, -0.2) is 0 Å². The molecule has 0 fully saturated rings. The van der Waals surface area contributed by atoms with Crippen LogP contribution in [0.5, 0.6) is 0 Å². The molecule has 2 aromatic carbocycles. The first-order chi connectivity index (χ1) is 11.4. The van der Waals surface area contributed by atoms with Gasteiger partial charge in [0.2, 0.25) is 0 Å². The lowest BCUT2D eigenvalue weighted by Gasteiger charge is -2.24. The van der Waals surface area contributed by atoms with E-state index in [1.807, 2.05) is 36.4 Å². The lowest BCUT2D eigenvalue weighted by Crippen LogP contribution is -2.30.